The molecule has 1 N–H and O–H groups in total. The molecule has 0 aliphatic heterocycles. The molecule has 0 aliphatic rings. The predicted octanol–water partition coefficient (Wildman–Crippen LogP) is 1.97. The summed E-state index contributed by atoms with van der Waals surface area (Å²) >= 11 is 5.66. The third kappa shape index (κ3) is 3.27. The van der Waals surface area contributed by atoms with Crippen molar-refractivity contribution in [2.75, 3.05) is 0 Å². The molecule has 0 aromatic carbocycles. The van der Waals surface area contributed by atoms with Crippen LogP contribution in [0, 0.1) is 10.1 Å². The number of amides is 1. The summed E-state index contributed by atoms with van der Waals surface area (Å²) in [6.45, 7) is 0.212. The molecule has 0 fully saturated rings. The van der Waals surface area contributed by atoms with Crippen LogP contribution in [0.3, 0.4) is 0 Å². The van der Waals surface area contributed by atoms with Crippen LogP contribution >= 0.6 is 11.6 Å². The van der Waals surface area contributed by atoms with Gasteiger partial charge in [-0.2, -0.15) is 0 Å². The summed E-state index contributed by atoms with van der Waals surface area (Å²) in [4.78, 5) is 29.6. The van der Waals surface area contributed by atoms with Crippen molar-refractivity contribution >= 4 is 23.2 Å². The number of carbonyl (C=O) groups is 1. The maximum atomic E-state index is 12.0. The molecule has 0 unspecified atom stereocenters. The van der Waals surface area contributed by atoms with Gasteiger partial charge >= 0.3 is 0 Å². The Morgan fingerprint density at radius 1 is 1.45 bits per heavy atom. The molecule has 0 saturated carbocycles. The fourth-order valence-electron chi connectivity index (χ4n) is 1.53. The van der Waals surface area contributed by atoms with Crippen LogP contribution in [0.1, 0.15) is 15.9 Å². The smallest absolute Gasteiger partial charge is 0.300 e. The molecule has 1 amide bonds. The van der Waals surface area contributed by atoms with Gasteiger partial charge in [0.15, 0.2) is 0 Å². The molecule has 0 spiro atoms. The van der Waals surface area contributed by atoms with Gasteiger partial charge in [-0.05, 0) is 17.7 Å². The average Bonchev–Trinajstić information content (AvgIpc) is 2.45. The molecule has 7 nitrogen and oxygen atoms in total. The van der Waals surface area contributed by atoms with Gasteiger partial charge in [-0.1, -0.05) is 17.7 Å². The maximum absolute atomic E-state index is 12.0. The van der Waals surface area contributed by atoms with Gasteiger partial charge in [-0.3, -0.25) is 19.9 Å². The van der Waals surface area contributed by atoms with Gasteiger partial charge in [-0.25, -0.2) is 4.98 Å². The van der Waals surface area contributed by atoms with E-state index in [9.17, 15) is 14.9 Å². The topological polar surface area (TPSA) is 98.0 Å². The third-order valence-electron chi connectivity index (χ3n) is 2.47. The molecule has 0 radical (unpaired) electrons. The fraction of sp³-hybridized carbons (Fsp3) is 0.0833. The minimum absolute atomic E-state index is 0.0159. The van der Waals surface area contributed by atoms with Crippen molar-refractivity contribution in [2.45, 2.75) is 6.54 Å². The van der Waals surface area contributed by atoms with Gasteiger partial charge in [0.1, 0.15) is 16.9 Å². The number of nitrogens with one attached hydrogen (secondary N) is 1. The number of rotatable bonds is 4. The zero-order valence-corrected chi connectivity index (χ0v) is 10.9. The molecule has 2 rings (SSSR count). The summed E-state index contributed by atoms with van der Waals surface area (Å²) < 4.78 is 0. The minimum Gasteiger partial charge on any atom is -0.348 e. The Morgan fingerprint density at radius 2 is 2.25 bits per heavy atom. The number of hydrogen-bond donors (Lipinski definition) is 1. The lowest BCUT2D eigenvalue weighted by Crippen LogP contribution is -2.23. The minimum atomic E-state index is -0.678. The summed E-state index contributed by atoms with van der Waals surface area (Å²) in [6.07, 6.45) is 4.16. The molecule has 0 saturated heterocycles. The first kappa shape index (κ1) is 13.9. The highest BCUT2D eigenvalue weighted by Gasteiger charge is 2.21. The number of pyridine rings is 2. The number of nitro groups is 1. The second kappa shape index (κ2) is 6.07. The molecule has 2 heterocycles. The highest BCUT2D eigenvalue weighted by molar-refractivity contribution is 6.29. The lowest BCUT2D eigenvalue weighted by Gasteiger charge is -2.05. The Morgan fingerprint density at radius 3 is 2.90 bits per heavy atom. The Balaban J connectivity index is 2.17. The highest BCUT2D eigenvalue weighted by Crippen LogP contribution is 2.20. The molecule has 0 bridgehead atoms. The number of carbonyl (C=O) groups excluding carboxylic acids is 1. The molecule has 0 atom stereocenters. The standard InChI is InChI=1S/C12H9ClN4O3/c13-11-4-9(10(7-15-11)17(19)20)12(18)16-6-8-2-1-3-14-5-8/h1-5,7H,6H2,(H,16,18). The van der Waals surface area contributed by atoms with Crippen LogP contribution in [0.25, 0.3) is 0 Å². The van der Waals surface area contributed by atoms with E-state index < -0.39 is 16.5 Å². The van der Waals surface area contributed by atoms with E-state index in [-0.39, 0.29) is 17.3 Å². The monoisotopic (exact) mass is 292 g/mol. The zero-order chi connectivity index (χ0) is 14.5. The molecule has 2 aromatic rings. The molecule has 102 valence electrons. The molecular formula is C12H9ClN4O3. The van der Waals surface area contributed by atoms with Crippen molar-refractivity contribution in [3.63, 3.8) is 0 Å². The van der Waals surface area contributed by atoms with Gasteiger partial charge in [0.05, 0.1) is 4.92 Å². The van der Waals surface area contributed by atoms with Crippen molar-refractivity contribution < 1.29 is 9.72 Å². The van der Waals surface area contributed by atoms with Crippen LogP contribution in [0.5, 0.6) is 0 Å². The summed E-state index contributed by atoms with van der Waals surface area (Å²) in [5.41, 5.74) is 0.264. The van der Waals surface area contributed by atoms with Crippen molar-refractivity contribution in [3.05, 3.63) is 63.2 Å². The molecular weight excluding hydrogens is 284 g/mol. The van der Waals surface area contributed by atoms with Crippen LogP contribution < -0.4 is 5.32 Å². The number of halogens is 1. The van der Waals surface area contributed by atoms with E-state index in [4.69, 9.17) is 11.6 Å². The van der Waals surface area contributed by atoms with E-state index in [1.165, 1.54) is 0 Å². The van der Waals surface area contributed by atoms with Crippen molar-refractivity contribution in [2.24, 2.45) is 0 Å². The largest absolute Gasteiger partial charge is 0.348 e. The van der Waals surface area contributed by atoms with Gasteiger partial charge in [-0.15, -0.1) is 0 Å². The molecule has 2 aromatic heterocycles. The second-order valence-corrected chi connectivity index (χ2v) is 4.21. The van der Waals surface area contributed by atoms with Crippen LogP contribution in [0.15, 0.2) is 36.8 Å². The first-order valence-corrected chi connectivity index (χ1v) is 5.93. The molecule has 0 aliphatic carbocycles. The zero-order valence-electron chi connectivity index (χ0n) is 10.1. The quantitative estimate of drug-likeness (QED) is 0.528. The normalized spacial score (nSPS) is 10.1. The fourth-order valence-corrected chi connectivity index (χ4v) is 1.69. The third-order valence-corrected chi connectivity index (χ3v) is 2.67. The Hall–Kier alpha value is -2.54. The van der Waals surface area contributed by atoms with Crippen LogP contribution in [-0.4, -0.2) is 20.8 Å². The van der Waals surface area contributed by atoms with E-state index in [1.54, 1.807) is 24.5 Å². The van der Waals surface area contributed by atoms with E-state index in [0.29, 0.717) is 0 Å². The summed E-state index contributed by atoms with van der Waals surface area (Å²) in [6, 6.07) is 4.67. The van der Waals surface area contributed by atoms with E-state index in [0.717, 1.165) is 17.8 Å². The Labute approximate surface area is 118 Å². The predicted molar refractivity (Wildman–Crippen MR) is 71.3 cm³/mol. The molecule has 20 heavy (non-hydrogen) atoms. The van der Waals surface area contributed by atoms with E-state index in [2.05, 4.69) is 15.3 Å². The summed E-state index contributed by atoms with van der Waals surface area (Å²) in [5, 5.41) is 13.4. The SMILES string of the molecule is O=C(NCc1cccnc1)c1cc(Cl)ncc1[N+](=O)[O-]. The van der Waals surface area contributed by atoms with Crippen molar-refractivity contribution in [3.8, 4) is 0 Å². The van der Waals surface area contributed by atoms with Crippen molar-refractivity contribution in [1.29, 1.82) is 0 Å². The van der Waals surface area contributed by atoms with Crippen molar-refractivity contribution in [1.82, 2.24) is 15.3 Å². The molecule has 8 heteroatoms. The number of aromatic nitrogens is 2. The van der Waals surface area contributed by atoms with E-state index >= 15 is 0 Å². The maximum Gasteiger partial charge on any atom is 0.300 e. The van der Waals surface area contributed by atoms with Gasteiger partial charge < -0.3 is 5.32 Å². The Kier molecular flexibility index (Phi) is 4.21. The summed E-state index contributed by atoms with van der Waals surface area (Å²) in [7, 11) is 0. The average molecular weight is 293 g/mol. The lowest BCUT2D eigenvalue weighted by atomic mass is 10.2. The number of nitrogens with zero attached hydrogens (tertiary/aromatic N) is 3. The van der Waals surface area contributed by atoms with Gasteiger partial charge in [0.2, 0.25) is 0 Å². The van der Waals surface area contributed by atoms with Crippen LogP contribution in [0.4, 0.5) is 5.69 Å². The van der Waals surface area contributed by atoms with Crippen LogP contribution in [-0.2, 0) is 6.54 Å². The van der Waals surface area contributed by atoms with Gasteiger partial charge in [0.25, 0.3) is 11.6 Å². The first-order chi connectivity index (χ1) is 9.58. The number of hydrogen-bond acceptors (Lipinski definition) is 5. The van der Waals surface area contributed by atoms with E-state index in [1.807, 2.05) is 0 Å². The Bertz CT molecular complexity index is 648. The van der Waals surface area contributed by atoms with Gasteiger partial charge in [0, 0.05) is 18.9 Å². The second-order valence-electron chi connectivity index (χ2n) is 3.83. The van der Waals surface area contributed by atoms with Crippen LogP contribution in [0.2, 0.25) is 5.15 Å². The first-order valence-electron chi connectivity index (χ1n) is 5.55. The summed E-state index contributed by atoms with van der Waals surface area (Å²) in [5.74, 6) is -0.593. The highest BCUT2D eigenvalue weighted by atomic mass is 35.5. The lowest BCUT2D eigenvalue weighted by molar-refractivity contribution is -0.385.